The van der Waals surface area contributed by atoms with Gasteiger partial charge < -0.3 is 10.0 Å². The minimum atomic E-state index is -2.73. The molecule has 0 radical (unpaired) electrons. The molecule has 1 fully saturated rings. The van der Waals surface area contributed by atoms with E-state index in [1.54, 1.807) is 18.3 Å². The van der Waals surface area contributed by atoms with Crippen LogP contribution in [-0.2, 0) is 11.3 Å². The normalized spacial score (nSPS) is 20.4. The molecule has 1 aliphatic rings. The second-order valence-corrected chi connectivity index (χ2v) is 5.45. The van der Waals surface area contributed by atoms with Gasteiger partial charge in [0.25, 0.3) is 0 Å². The van der Waals surface area contributed by atoms with Crippen LogP contribution in [0, 0.1) is 5.92 Å². The highest BCUT2D eigenvalue weighted by molar-refractivity contribution is 5.79. The quantitative estimate of drug-likeness (QED) is 0.876. The van der Waals surface area contributed by atoms with E-state index in [-0.39, 0.29) is 31.8 Å². The number of rotatable bonds is 6. The van der Waals surface area contributed by atoms with Crippen molar-refractivity contribution < 1.29 is 18.7 Å². The van der Waals surface area contributed by atoms with Gasteiger partial charge in [-0.05, 0) is 25.0 Å². The van der Waals surface area contributed by atoms with Crippen LogP contribution in [-0.4, -0.2) is 40.0 Å². The Morgan fingerprint density at radius 1 is 1.48 bits per heavy atom. The number of hydrogen-bond donors (Lipinski definition) is 1. The summed E-state index contributed by atoms with van der Waals surface area (Å²) in [5.41, 5.74) is 0.716. The van der Waals surface area contributed by atoms with Gasteiger partial charge >= 0.3 is 0 Å². The number of aromatic nitrogens is 1. The third kappa shape index (κ3) is 4.46. The van der Waals surface area contributed by atoms with Crippen molar-refractivity contribution in [1.82, 2.24) is 9.88 Å². The summed E-state index contributed by atoms with van der Waals surface area (Å²) in [6.45, 7) is 0.614. The minimum Gasteiger partial charge on any atom is -0.396 e. The van der Waals surface area contributed by atoms with Crippen molar-refractivity contribution >= 4 is 5.91 Å². The van der Waals surface area contributed by atoms with Gasteiger partial charge in [-0.3, -0.25) is 9.78 Å². The van der Waals surface area contributed by atoms with Crippen LogP contribution in [0.15, 0.2) is 24.4 Å². The Kier molecular flexibility index (Phi) is 5.22. The molecule has 1 aliphatic carbocycles. The lowest BCUT2D eigenvalue weighted by Gasteiger charge is -2.25. The third-order valence-corrected chi connectivity index (χ3v) is 3.73. The molecule has 1 aromatic heterocycles. The lowest BCUT2D eigenvalue weighted by molar-refractivity contribution is -0.137. The fraction of sp³-hybridized carbons (Fsp3) is 0.600. The van der Waals surface area contributed by atoms with E-state index in [0.29, 0.717) is 25.2 Å². The number of amides is 1. The molecule has 1 aromatic rings. The Bertz CT molecular complexity index is 468. The number of carbonyl (C=O) groups excluding carboxylic acids is 1. The molecule has 4 nitrogen and oxygen atoms in total. The van der Waals surface area contributed by atoms with E-state index in [0.717, 1.165) is 0 Å². The number of hydrogen-bond acceptors (Lipinski definition) is 3. The first kappa shape index (κ1) is 15.8. The van der Waals surface area contributed by atoms with Gasteiger partial charge in [0.1, 0.15) is 0 Å². The third-order valence-electron chi connectivity index (χ3n) is 3.73. The highest BCUT2D eigenvalue weighted by Crippen LogP contribution is 2.39. The molecule has 1 unspecified atom stereocenters. The van der Waals surface area contributed by atoms with Crippen molar-refractivity contribution in [2.75, 3.05) is 13.2 Å². The summed E-state index contributed by atoms with van der Waals surface area (Å²) in [5.74, 6) is -3.61. The first-order chi connectivity index (χ1) is 10.0. The van der Waals surface area contributed by atoms with Crippen molar-refractivity contribution in [3.63, 3.8) is 0 Å². The fourth-order valence-corrected chi connectivity index (χ4v) is 2.63. The molecule has 0 saturated heterocycles. The number of halogens is 2. The molecule has 1 amide bonds. The van der Waals surface area contributed by atoms with Crippen LogP contribution >= 0.6 is 0 Å². The molecule has 21 heavy (non-hydrogen) atoms. The summed E-state index contributed by atoms with van der Waals surface area (Å²) in [7, 11) is 0. The molecule has 0 bridgehead atoms. The van der Waals surface area contributed by atoms with Crippen LogP contribution in [0.2, 0.25) is 0 Å². The molecule has 0 aromatic carbocycles. The summed E-state index contributed by atoms with van der Waals surface area (Å²) >= 11 is 0. The van der Waals surface area contributed by atoms with Gasteiger partial charge in [-0.1, -0.05) is 6.07 Å². The van der Waals surface area contributed by atoms with Crippen LogP contribution in [0.4, 0.5) is 8.78 Å². The molecule has 1 saturated carbocycles. The zero-order valence-electron chi connectivity index (χ0n) is 11.8. The second-order valence-electron chi connectivity index (χ2n) is 5.45. The van der Waals surface area contributed by atoms with Gasteiger partial charge in [-0.15, -0.1) is 0 Å². The zero-order chi connectivity index (χ0) is 15.3. The SMILES string of the molecule is O=C(C1CCC(F)(F)C1)N(CCCO)Cc1ccccn1. The van der Waals surface area contributed by atoms with E-state index in [4.69, 9.17) is 5.11 Å². The predicted octanol–water partition coefficient (Wildman–Crippen LogP) is 2.23. The Labute approximate surface area is 122 Å². The van der Waals surface area contributed by atoms with Gasteiger partial charge in [0, 0.05) is 38.1 Å². The summed E-state index contributed by atoms with van der Waals surface area (Å²) in [4.78, 5) is 18.1. The zero-order valence-corrected chi connectivity index (χ0v) is 11.8. The average Bonchev–Trinajstić information content (AvgIpc) is 2.84. The van der Waals surface area contributed by atoms with E-state index >= 15 is 0 Å². The second kappa shape index (κ2) is 6.93. The fourth-order valence-electron chi connectivity index (χ4n) is 2.63. The summed E-state index contributed by atoms with van der Waals surface area (Å²) in [6, 6.07) is 5.39. The molecule has 1 atom stereocenters. The molecule has 2 rings (SSSR count). The minimum absolute atomic E-state index is 0.0349. The van der Waals surface area contributed by atoms with Gasteiger partial charge in [0.15, 0.2) is 0 Å². The van der Waals surface area contributed by atoms with Crippen molar-refractivity contribution in [1.29, 1.82) is 0 Å². The standard InChI is InChI=1S/C15H20F2N2O2/c16-15(17)6-5-12(10-15)14(21)19(8-3-9-20)11-13-4-1-2-7-18-13/h1-2,4,7,12,20H,3,5-6,8-11H2. The summed E-state index contributed by atoms with van der Waals surface area (Å²) in [5, 5.41) is 8.94. The maximum Gasteiger partial charge on any atom is 0.248 e. The van der Waals surface area contributed by atoms with E-state index in [9.17, 15) is 13.6 Å². The Morgan fingerprint density at radius 2 is 2.29 bits per heavy atom. The van der Waals surface area contributed by atoms with Crippen LogP contribution in [0.25, 0.3) is 0 Å². The molecule has 0 aliphatic heterocycles. The van der Waals surface area contributed by atoms with E-state index in [1.165, 1.54) is 4.90 Å². The molecule has 1 heterocycles. The van der Waals surface area contributed by atoms with Crippen molar-refractivity contribution in [2.45, 2.75) is 38.2 Å². The number of pyridine rings is 1. The average molecular weight is 298 g/mol. The van der Waals surface area contributed by atoms with Crippen LogP contribution < -0.4 is 0 Å². The lowest BCUT2D eigenvalue weighted by atomic mass is 10.1. The van der Waals surface area contributed by atoms with Crippen LogP contribution in [0.3, 0.4) is 0 Å². The maximum absolute atomic E-state index is 13.3. The Hall–Kier alpha value is -1.56. The highest BCUT2D eigenvalue weighted by Gasteiger charge is 2.43. The van der Waals surface area contributed by atoms with Crippen LogP contribution in [0.1, 0.15) is 31.4 Å². The summed E-state index contributed by atoms with van der Waals surface area (Å²) < 4.78 is 26.5. The van der Waals surface area contributed by atoms with Crippen molar-refractivity contribution in [3.05, 3.63) is 30.1 Å². The van der Waals surface area contributed by atoms with E-state index in [2.05, 4.69) is 4.98 Å². The smallest absolute Gasteiger partial charge is 0.248 e. The van der Waals surface area contributed by atoms with Gasteiger partial charge in [0.05, 0.1) is 12.2 Å². The van der Waals surface area contributed by atoms with Crippen molar-refractivity contribution in [3.8, 4) is 0 Å². The molecule has 1 N–H and O–H groups in total. The first-order valence-corrected chi connectivity index (χ1v) is 7.19. The molecule has 0 spiro atoms. The largest absolute Gasteiger partial charge is 0.396 e. The Balaban J connectivity index is 2.03. The number of aliphatic hydroxyl groups is 1. The maximum atomic E-state index is 13.3. The number of carbonyl (C=O) groups is 1. The Morgan fingerprint density at radius 3 is 2.86 bits per heavy atom. The van der Waals surface area contributed by atoms with Crippen LogP contribution in [0.5, 0.6) is 0 Å². The molecular weight excluding hydrogens is 278 g/mol. The summed E-state index contributed by atoms with van der Waals surface area (Å²) in [6.07, 6.45) is 1.70. The highest BCUT2D eigenvalue weighted by atomic mass is 19.3. The van der Waals surface area contributed by atoms with Gasteiger partial charge in [-0.25, -0.2) is 8.78 Å². The number of alkyl halides is 2. The van der Waals surface area contributed by atoms with Gasteiger partial charge in [0.2, 0.25) is 11.8 Å². The van der Waals surface area contributed by atoms with E-state index < -0.39 is 11.8 Å². The predicted molar refractivity (Wildman–Crippen MR) is 73.6 cm³/mol. The van der Waals surface area contributed by atoms with Crippen molar-refractivity contribution in [2.24, 2.45) is 5.92 Å². The number of aliphatic hydroxyl groups excluding tert-OH is 1. The molecule has 6 heteroatoms. The van der Waals surface area contributed by atoms with Gasteiger partial charge in [-0.2, -0.15) is 0 Å². The first-order valence-electron chi connectivity index (χ1n) is 7.19. The molecular formula is C15H20F2N2O2. The monoisotopic (exact) mass is 298 g/mol. The topological polar surface area (TPSA) is 53.4 Å². The number of nitrogens with zero attached hydrogens (tertiary/aromatic N) is 2. The lowest BCUT2D eigenvalue weighted by Crippen LogP contribution is -2.36. The molecule has 116 valence electrons. The van der Waals surface area contributed by atoms with E-state index in [1.807, 2.05) is 6.07 Å².